The Balaban J connectivity index is 1.77. The van der Waals surface area contributed by atoms with Crippen LogP contribution in [0, 0.1) is 0 Å². The molecule has 1 saturated heterocycles. The molecule has 26 heavy (non-hydrogen) atoms. The molecule has 0 spiro atoms. The van der Waals surface area contributed by atoms with Gasteiger partial charge in [-0.3, -0.25) is 19.2 Å². The number of hydrogen-bond acceptors (Lipinski definition) is 5. The van der Waals surface area contributed by atoms with E-state index in [-0.39, 0.29) is 6.54 Å². The number of benzene rings is 1. The lowest BCUT2D eigenvalue weighted by Crippen LogP contribution is -2.51. The van der Waals surface area contributed by atoms with Crippen molar-refractivity contribution in [1.29, 1.82) is 0 Å². The van der Waals surface area contributed by atoms with Crippen molar-refractivity contribution in [3.05, 3.63) is 34.9 Å². The molecule has 1 aliphatic rings. The summed E-state index contributed by atoms with van der Waals surface area (Å²) in [5.41, 5.74) is 5.64. The third kappa shape index (κ3) is 5.45. The molecule has 8 nitrogen and oxygen atoms in total. The van der Waals surface area contributed by atoms with Gasteiger partial charge in [-0.25, -0.2) is 0 Å². The first-order valence-electron chi connectivity index (χ1n) is 8.16. The number of nitrogens with zero attached hydrogens (tertiary/aromatic N) is 1. The maximum Gasteiger partial charge on any atom is 0.325 e. The molecule has 3 N–H and O–H groups in total. The second kappa shape index (κ2) is 9.19. The van der Waals surface area contributed by atoms with Crippen LogP contribution < -0.4 is 11.1 Å². The van der Waals surface area contributed by atoms with Crippen LogP contribution in [0.3, 0.4) is 0 Å². The predicted molar refractivity (Wildman–Crippen MR) is 93.3 cm³/mol. The van der Waals surface area contributed by atoms with E-state index in [9.17, 15) is 19.2 Å². The molecule has 1 heterocycles. The predicted octanol–water partition coefficient (Wildman–Crippen LogP) is 0.479. The zero-order valence-electron chi connectivity index (χ0n) is 14.1. The highest BCUT2D eigenvalue weighted by molar-refractivity contribution is 6.30. The molecule has 1 aromatic rings. The van der Waals surface area contributed by atoms with Crippen molar-refractivity contribution in [2.24, 2.45) is 5.73 Å². The number of rotatable bonds is 6. The maximum atomic E-state index is 12.2. The molecule has 140 valence electrons. The summed E-state index contributed by atoms with van der Waals surface area (Å²) >= 11 is 5.74. The van der Waals surface area contributed by atoms with Gasteiger partial charge in [0.15, 0.2) is 6.61 Å². The Bertz CT molecular complexity index is 692. The second-order valence-electron chi connectivity index (χ2n) is 5.85. The molecule has 1 aliphatic heterocycles. The summed E-state index contributed by atoms with van der Waals surface area (Å²) in [7, 11) is 0. The van der Waals surface area contributed by atoms with Crippen LogP contribution in [0.15, 0.2) is 24.3 Å². The average Bonchev–Trinajstić information content (AvgIpc) is 2.64. The molecular formula is C17H20ClN3O5. The Morgan fingerprint density at radius 2 is 1.88 bits per heavy atom. The Labute approximate surface area is 155 Å². The highest BCUT2D eigenvalue weighted by Crippen LogP contribution is 2.16. The molecule has 0 aliphatic carbocycles. The van der Waals surface area contributed by atoms with Gasteiger partial charge in [0.2, 0.25) is 5.91 Å². The minimum absolute atomic E-state index is 0.343. The molecule has 0 radical (unpaired) electrons. The second-order valence-corrected chi connectivity index (χ2v) is 6.29. The standard InChI is InChI=1S/C17H20ClN3O5/c18-12-6-4-11(5-7-12)17(25)20-9-15(23)26-10-14(22)21-8-2-1-3-13(21)16(19)24/h4-7,13H,1-3,8-10H2,(H2,19,24)(H,20,25)/t13-/m0/s1. The van der Waals surface area contributed by atoms with Gasteiger partial charge in [-0.15, -0.1) is 0 Å². The number of esters is 1. The van der Waals surface area contributed by atoms with Gasteiger partial charge in [0, 0.05) is 17.1 Å². The van der Waals surface area contributed by atoms with Crippen molar-refractivity contribution >= 4 is 35.3 Å². The summed E-state index contributed by atoms with van der Waals surface area (Å²) in [4.78, 5) is 48.5. The maximum absolute atomic E-state index is 12.2. The van der Waals surface area contributed by atoms with E-state index in [4.69, 9.17) is 22.1 Å². The minimum atomic E-state index is -0.756. The lowest BCUT2D eigenvalue weighted by molar-refractivity contribution is -0.154. The number of halogens is 1. The highest BCUT2D eigenvalue weighted by Gasteiger charge is 2.30. The van der Waals surface area contributed by atoms with Gasteiger partial charge in [0.05, 0.1) is 0 Å². The lowest BCUT2D eigenvalue weighted by atomic mass is 10.0. The first kappa shape index (κ1) is 19.7. The fraction of sp³-hybridized carbons (Fsp3) is 0.412. The number of amides is 3. The molecular weight excluding hydrogens is 362 g/mol. The van der Waals surface area contributed by atoms with Gasteiger partial charge in [0.25, 0.3) is 11.8 Å². The number of primary amides is 1. The van der Waals surface area contributed by atoms with Crippen LogP contribution in [-0.2, 0) is 19.1 Å². The summed E-state index contributed by atoms with van der Waals surface area (Å²) in [6.07, 6.45) is 2.08. The summed E-state index contributed by atoms with van der Waals surface area (Å²) in [5.74, 6) is -2.27. The molecule has 3 amide bonds. The number of nitrogens with one attached hydrogen (secondary N) is 1. The topological polar surface area (TPSA) is 119 Å². The van der Waals surface area contributed by atoms with E-state index in [1.54, 1.807) is 12.1 Å². The number of hydrogen-bond donors (Lipinski definition) is 2. The third-order valence-electron chi connectivity index (χ3n) is 4.01. The van der Waals surface area contributed by atoms with Crippen LogP contribution in [0.4, 0.5) is 0 Å². The fourth-order valence-corrected chi connectivity index (χ4v) is 2.78. The number of carbonyl (C=O) groups excluding carboxylic acids is 4. The van der Waals surface area contributed by atoms with Crippen LogP contribution in [0.2, 0.25) is 5.02 Å². The molecule has 0 aromatic heterocycles. The number of ether oxygens (including phenoxy) is 1. The largest absolute Gasteiger partial charge is 0.454 e. The number of piperidine rings is 1. The van der Waals surface area contributed by atoms with Gasteiger partial charge in [0.1, 0.15) is 12.6 Å². The van der Waals surface area contributed by atoms with E-state index in [1.165, 1.54) is 17.0 Å². The smallest absolute Gasteiger partial charge is 0.325 e. The molecule has 1 atom stereocenters. The summed E-state index contributed by atoms with van der Waals surface area (Å²) < 4.78 is 4.87. The van der Waals surface area contributed by atoms with Crippen molar-refractivity contribution < 1.29 is 23.9 Å². The first-order valence-corrected chi connectivity index (χ1v) is 8.54. The number of carbonyl (C=O) groups is 4. The van der Waals surface area contributed by atoms with Crippen molar-refractivity contribution in [2.75, 3.05) is 19.7 Å². The van der Waals surface area contributed by atoms with E-state index in [2.05, 4.69) is 5.32 Å². The summed E-state index contributed by atoms with van der Waals surface area (Å²) in [6, 6.07) is 5.49. The zero-order valence-corrected chi connectivity index (χ0v) is 14.8. The normalized spacial score (nSPS) is 16.7. The van der Waals surface area contributed by atoms with Crippen LogP contribution in [-0.4, -0.2) is 54.3 Å². The van der Waals surface area contributed by atoms with Gasteiger partial charge in [-0.1, -0.05) is 11.6 Å². The van der Waals surface area contributed by atoms with Crippen molar-refractivity contribution in [3.63, 3.8) is 0 Å². The molecule has 1 fully saturated rings. The van der Waals surface area contributed by atoms with Crippen LogP contribution in [0.1, 0.15) is 29.6 Å². The summed E-state index contributed by atoms with van der Waals surface area (Å²) in [6.45, 7) is -0.481. The Morgan fingerprint density at radius 3 is 2.54 bits per heavy atom. The SMILES string of the molecule is NC(=O)[C@@H]1CCCCN1C(=O)COC(=O)CNC(=O)c1ccc(Cl)cc1. The average molecular weight is 382 g/mol. The van der Waals surface area contributed by atoms with E-state index in [0.717, 1.165) is 12.8 Å². The lowest BCUT2D eigenvalue weighted by Gasteiger charge is -2.33. The molecule has 0 saturated carbocycles. The molecule has 0 unspecified atom stereocenters. The Morgan fingerprint density at radius 1 is 1.19 bits per heavy atom. The highest BCUT2D eigenvalue weighted by atomic mass is 35.5. The van der Waals surface area contributed by atoms with Crippen LogP contribution >= 0.6 is 11.6 Å². The van der Waals surface area contributed by atoms with Crippen molar-refractivity contribution in [1.82, 2.24) is 10.2 Å². The minimum Gasteiger partial charge on any atom is -0.454 e. The number of likely N-dealkylation sites (tertiary alicyclic amines) is 1. The van der Waals surface area contributed by atoms with E-state index >= 15 is 0 Å². The molecule has 0 bridgehead atoms. The monoisotopic (exact) mass is 381 g/mol. The molecule has 1 aromatic carbocycles. The van der Waals surface area contributed by atoms with E-state index in [0.29, 0.717) is 23.6 Å². The zero-order chi connectivity index (χ0) is 19.1. The van der Waals surface area contributed by atoms with Crippen molar-refractivity contribution in [3.8, 4) is 0 Å². The summed E-state index contributed by atoms with van der Waals surface area (Å²) in [5, 5.41) is 2.88. The molecule has 9 heteroatoms. The van der Waals surface area contributed by atoms with E-state index in [1.807, 2.05) is 0 Å². The first-order chi connectivity index (χ1) is 12.4. The van der Waals surface area contributed by atoms with Gasteiger partial charge >= 0.3 is 5.97 Å². The quantitative estimate of drug-likeness (QED) is 0.694. The van der Waals surface area contributed by atoms with Crippen molar-refractivity contribution in [2.45, 2.75) is 25.3 Å². The molecule has 2 rings (SSSR count). The fourth-order valence-electron chi connectivity index (χ4n) is 2.66. The van der Waals surface area contributed by atoms with Crippen LogP contribution in [0.25, 0.3) is 0 Å². The van der Waals surface area contributed by atoms with Crippen LogP contribution in [0.5, 0.6) is 0 Å². The third-order valence-corrected chi connectivity index (χ3v) is 4.26. The Kier molecular flexibility index (Phi) is 6.97. The van der Waals surface area contributed by atoms with Gasteiger partial charge in [-0.05, 0) is 43.5 Å². The van der Waals surface area contributed by atoms with E-state index < -0.39 is 36.3 Å². The number of nitrogens with two attached hydrogens (primary N) is 1. The Hall–Kier alpha value is -2.61. The van der Waals surface area contributed by atoms with Gasteiger partial charge < -0.3 is 20.7 Å². The van der Waals surface area contributed by atoms with Gasteiger partial charge in [-0.2, -0.15) is 0 Å².